The lowest BCUT2D eigenvalue weighted by atomic mass is 10.1. The third-order valence-corrected chi connectivity index (χ3v) is 4.31. The fourth-order valence-electron chi connectivity index (χ4n) is 2.86. The number of aromatic nitrogens is 3. The SMILES string of the molecule is Cc1ccnc(NC(=O)CCc2c(C)nc(N3CCOCC3)[nH]c2=O)c1. The Bertz CT molecular complexity index is 843. The molecule has 2 aromatic rings. The van der Waals surface area contributed by atoms with Crippen molar-refractivity contribution in [3.8, 4) is 0 Å². The molecule has 0 radical (unpaired) electrons. The smallest absolute Gasteiger partial charge is 0.255 e. The van der Waals surface area contributed by atoms with Crippen LogP contribution in [0.2, 0.25) is 0 Å². The van der Waals surface area contributed by atoms with Crippen LogP contribution in [0.4, 0.5) is 11.8 Å². The number of hydrogen-bond acceptors (Lipinski definition) is 6. The van der Waals surface area contributed by atoms with Crippen LogP contribution >= 0.6 is 0 Å². The Hall–Kier alpha value is -2.74. The number of H-pyrrole nitrogens is 1. The molecule has 0 spiro atoms. The van der Waals surface area contributed by atoms with Crippen LogP contribution in [0.3, 0.4) is 0 Å². The number of ether oxygens (including phenoxy) is 1. The molecule has 2 N–H and O–H groups in total. The van der Waals surface area contributed by atoms with Gasteiger partial charge in [-0.2, -0.15) is 0 Å². The van der Waals surface area contributed by atoms with Crippen molar-refractivity contribution in [3.05, 3.63) is 45.5 Å². The summed E-state index contributed by atoms with van der Waals surface area (Å²) in [5.41, 5.74) is 2.01. The molecule has 0 unspecified atom stereocenters. The summed E-state index contributed by atoms with van der Waals surface area (Å²) in [7, 11) is 0. The maximum atomic E-state index is 12.4. The normalized spacial score (nSPS) is 14.3. The van der Waals surface area contributed by atoms with E-state index in [0.717, 1.165) is 5.56 Å². The average Bonchev–Trinajstić information content (AvgIpc) is 2.61. The van der Waals surface area contributed by atoms with E-state index in [1.807, 2.05) is 17.9 Å². The first-order chi connectivity index (χ1) is 12.5. The largest absolute Gasteiger partial charge is 0.378 e. The standard InChI is InChI=1S/C18H23N5O3/c1-12-5-6-19-15(11-12)21-16(24)4-3-14-13(2)20-18(22-17(14)25)23-7-9-26-10-8-23/h5-6,11H,3-4,7-10H2,1-2H3,(H,19,21,24)(H,20,22,25). The van der Waals surface area contributed by atoms with Crippen molar-refractivity contribution in [3.63, 3.8) is 0 Å². The molecule has 1 aliphatic rings. The second-order valence-corrected chi connectivity index (χ2v) is 6.32. The first-order valence-corrected chi connectivity index (χ1v) is 8.68. The quantitative estimate of drug-likeness (QED) is 0.834. The van der Waals surface area contributed by atoms with Gasteiger partial charge in [-0.05, 0) is 38.0 Å². The van der Waals surface area contributed by atoms with Crippen LogP contribution in [0.5, 0.6) is 0 Å². The highest BCUT2D eigenvalue weighted by Gasteiger charge is 2.16. The Labute approximate surface area is 151 Å². The first kappa shape index (κ1) is 18.1. The first-order valence-electron chi connectivity index (χ1n) is 8.68. The molecule has 0 aliphatic carbocycles. The summed E-state index contributed by atoms with van der Waals surface area (Å²) in [6, 6.07) is 3.66. The Kier molecular flexibility index (Phi) is 5.62. The monoisotopic (exact) mass is 357 g/mol. The highest BCUT2D eigenvalue weighted by atomic mass is 16.5. The molecule has 3 rings (SSSR count). The number of nitrogens with zero attached hydrogens (tertiary/aromatic N) is 3. The molecule has 1 saturated heterocycles. The van der Waals surface area contributed by atoms with Gasteiger partial charge in [0.1, 0.15) is 5.82 Å². The maximum absolute atomic E-state index is 12.4. The van der Waals surface area contributed by atoms with Crippen LogP contribution in [0, 0.1) is 13.8 Å². The lowest BCUT2D eigenvalue weighted by Gasteiger charge is -2.27. The maximum Gasteiger partial charge on any atom is 0.255 e. The molecule has 0 bridgehead atoms. The van der Waals surface area contributed by atoms with Crippen molar-refractivity contribution < 1.29 is 9.53 Å². The number of carbonyl (C=O) groups is 1. The van der Waals surface area contributed by atoms with Gasteiger partial charge in [-0.25, -0.2) is 9.97 Å². The molecule has 0 saturated carbocycles. The van der Waals surface area contributed by atoms with Crippen molar-refractivity contribution in [2.24, 2.45) is 0 Å². The Morgan fingerprint density at radius 1 is 1.35 bits per heavy atom. The third-order valence-electron chi connectivity index (χ3n) is 4.31. The molecule has 0 atom stereocenters. The van der Waals surface area contributed by atoms with Gasteiger partial charge in [-0.1, -0.05) is 0 Å². The predicted molar refractivity (Wildman–Crippen MR) is 98.6 cm³/mol. The molecular formula is C18H23N5O3. The van der Waals surface area contributed by atoms with Gasteiger partial charge < -0.3 is 15.0 Å². The van der Waals surface area contributed by atoms with E-state index in [-0.39, 0.29) is 17.9 Å². The Morgan fingerprint density at radius 2 is 2.12 bits per heavy atom. The number of rotatable bonds is 5. The van der Waals surface area contributed by atoms with Gasteiger partial charge in [0, 0.05) is 37.0 Å². The second kappa shape index (κ2) is 8.09. The molecule has 8 heteroatoms. The van der Waals surface area contributed by atoms with Crippen molar-refractivity contribution in [2.75, 3.05) is 36.5 Å². The number of morpholine rings is 1. The minimum Gasteiger partial charge on any atom is -0.378 e. The molecule has 1 aliphatic heterocycles. The Morgan fingerprint density at radius 3 is 2.81 bits per heavy atom. The summed E-state index contributed by atoms with van der Waals surface area (Å²) in [4.78, 5) is 38.0. The van der Waals surface area contributed by atoms with Gasteiger partial charge in [0.15, 0.2) is 0 Å². The predicted octanol–water partition coefficient (Wildman–Crippen LogP) is 1.19. The number of carbonyl (C=O) groups excluding carboxylic acids is 1. The molecule has 26 heavy (non-hydrogen) atoms. The van der Waals surface area contributed by atoms with E-state index in [1.54, 1.807) is 19.2 Å². The summed E-state index contributed by atoms with van der Waals surface area (Å²) in [5, 5.41) is 2.75. The van der Waals surface area contributed by atoms with Gasteiger partial charge in [0.2, 0.25) is 11.9 Å². The van der Waals surface area contributed by atoms with Crippen molar-refractivity contribution in [1.82, 2.24) is 15.0 Å². The zero-order chi connectivity index (χ0) is 18.5. The van der Waals surface area contributed by atoms with Crippen molar-refractivity contribution in [2.45, 2.75) is 26.7 Å². The van der Waals surface area contributed by atoms with E-state index in [0.29, 0.717) is 55.7 Å². The summed E-state index contributed by atoms with van der Waals surface area (Å²) in [6.45, 7) is 6.38. The van der Waals surface area contributed by atoms with E-state index in [9.17, 15) is 9.59 Å². The minimum absolute atomic E-state index is 0.181. The summed E-state index contributed by atoms with van der Waals surface area (Å²) in [6.07, 6.45) is 2.17. The minimum atomic E-state index is -0.194. The van der Waals surface area contributed by atoms with Gasteiger partial charge in [0.05, 0.1) is 13.2 Å². The molecule has 138 valence electrons. The van der Waals surface area contributed by atoms with Gasteiger partial charge in [0.25, 0.3) is 5.56 Å². The summed E-state index contributed by atoms with van der Waals surface area (Å²) >= 11 is 0. The lowest BCUT2D eigenvalue weighted by molar-refractivity contribution is -0.116. The number of aromatic amines is 1. The highest BCUT2D eigenvalue weighted by molar-refractivity contribution is 5.89. The van der Waals surface area contributed by atoms with Crippen LogP contribution in [0.15, 0.2) is 23.1 Å². The topological polar surface area (TPSA) is 100 Å². The van der Waals surface area contributed by atoms with Crippen LogP contribution in [-0.4, -0.2) is 47.2 Å². The van der Waals surface area contributed by atoms with E-state index >= 15 is 0 Å². The molecular weight excluding hydrogens is 334 g/mol. The molecule has 3 heterocycles. The molecule has 1 amide bonds. The van der Waals surface area contributed by atoms with Crippen molar-refractivity contribution >= 4 is 17.7 Å². The molecule has 0 aromatic carbocycles. The molecule has 2 aromatic heterocycles. The van der Waals surface area contributed by atoms with Gasteiger partial charge in [-0.3, -0.25) is 14.6 Å². The van der Waals surface area contributed by atoms with Crippen LogP contribution in [-0.2, 0) is 16.0 Å². The molecule has 1 fully saturated rings. The number of pyridine rings is 1. The van der Waals surface area contributed by atoms with E-state index in [2.05, 4.69) is 20.3 Å². The van der Waals surface area contributed by atoms with Gasteiger partial charge in [-0.15, -0.1) is 0 Å². The number of amides is 1. The number of hydrogen-bond donors (Lipinski definition) is 2. The second-order valence-electron chi connectivity index (χ2n) is 6.32. The fourth-order valence-corrected chi connectivity index (χ4v) is 2.86. The van der Waals surface area contributed by atoms with E-state index in [4.69, 9.17) is 4.74 Å². The third kappa shape index (κ3) is 4.45. The summed E-state index contributed by atoms with van der Waals surface area (Å²) in [5.74, 6) is 0.897. The number of aryl methyl sites for hydroxylation is 2. The van der Waals surface area contributed by atoms with Gasteiger partial charge >= 0.3 is 0 Å². The van der Waals surface area contributed by atoms with Crippen LogP contribution in [0.25, 0.3) is 0 Å². The zero-order valence-electron chi connectivity index (χ0n) is 15.0. The van der Waals surface area contributed by atoms with Crippen LogP contribution < -0.4 is 15.8 Å². The fraction of sp³-hybridized carbons (Fsp3) is 0.444. The average molecular weight is 357 g/mol. The zero-order valence-corrected chi connectivity index (χ0v) is 15.0. The van der Waals surface area contributed by atoms with E-state index in [1.165, 1.54) is 0 Å². The van der Waals surface area contributed by atoms with Crippen molar-refractivity contribution in [1.29, 1.82) is 0 Å². The van der Waals surface area contributed by atoms with Crippen LogP contribution in [0.1, 0.15) is 23.2 Å². The molecule has 8 nitrogen and oxygen atoms in total. The van der Waals surface area contributed by atoms with E-state index < -0.39 is 0 Å². The number of anilines is 2. The summed E-state index contributed by atoms with van der Waals surface area (Å²) < 4.78 is 5.32. The highest BCUT2D eigenvalue weighted by Crippen LogP contribution is 2.12. The Balaban J connectivity index is 1.64. The number of nitrogens with one attached hydrogen (secondary N) is 2. The lowest BCUT2D eigenvalue weighted by Crippen LogP contribution is -2.38.